The highest BCUT2D eigenvalue weighted by Crippen LogP contribution is 2.47. The fourth-order valence-electron chi connectivity index (χ4n) is 4.09. The Balaban J connectivity index is 1.40. The smallest absolute Gasteiger partial charge is 0.382 e. The van der Waals surface area contributed by atoms with E-state index in [1.807, 2.05) is 6.07 Å². The van der Waals surface area contributed by atoms with Gasteiger partial charge in [-0.25, -0.2) is 14.5 Å². The lowest BCUT2D eigenvalue weighted by atomic mass is 9.96. The first kappa shape index (κ1) is 23.3. The Morgan fingerprint density at radius 1 is 1.08 bits per heavy atom. The topological polar surface area (TPSA) is 115 Å². The number of halogens is 3. The molecule has 8 nitrogen and oxygen atoms in total. The number of carbonyl (C=O) groups excluding carboxylic acids is 2. The second-order valence-electron chi connectivity index (χ2n) is 8.68. The van der Waals surface area contributed by atoms with Crippen molar-refractivity contribution in [2.24, 2.45) is 7.05 Å². The van der Waals surface area contributed by atoms with Gasteiger partial charge >= 0.3 is 12.2 Å². The molecule has 4 N–H and O–H groups in total. The fraction of sp³-hybridized carbons (Fsp3) is 0.200. The van der Waals surface area contributed by atoms with E-state index in [0.717, 1.165) is 23.3 Å². The van der Waals surface area contributed by atoms with Gasteiger partial charge in [0.1, 0.15) is 0 Å². The predicted octanol–water partition coefficient (Wildman–Crippen LogP) is 5.02. The normalized spacial score (nSPS) is 14.4. The molecule has 4 aromatic rings. The number of fused-ring (bicyclic) bond motifs is 1. The number of alkyl halides is 3. The minimum Gasteiger partial charge on any atom is -0.382 e. The molecule has 0 saturated heterocycles. The Hall–Kier alpha value is -4.41. The molecule has 183 valence electrons. The molecule has 2 amide bonds. The Labute approximate surface area is 203 Å². The molecular formula is C25H20F3N6O2. The zero-order chi connectivity index (χ0) is 25.7. The summed E-state index contributed by atoms with van der Waals surface area (Å²) in [6.07, 6.45) is -1.06. The van der Waals surface area contributed by atoms with E-state index < -0.39 is 23.2 Å². The average Bonchev–Trinajstić information content (AvgIpc) is 3.59. The summed E-state index contributed by atoms with van der Waals surface area (Å²) in [6, 6.07) is 12.3. The number of hydrogen-bond acceptors (Lipinski definition) is 5. The van der Waals surface area contributed by atoms with Crippen molar-refractivity contribution in [3.8, 4) is 11.1 Å². The minimum absolute atomic E-state index is 0.0127. The molecule has 11 heteroatoms. The lowest BCUT2D eigenvalue weighted by molar-refractivity contribution is -0.137. The fourth-order valence-corrected chi connectivity index (χ4v) is 4.09. The summed E-state index contributed by atoms with van der Waals surface area (Å²) in [4.78, 5) is 28.6. The number of nitrogens with two attached hydrogens (primary N) is 1. The van der Waals surface area contributed by atoms with E-state index >= 15 is 0 Å². The molecule has 1 aliphatic rings. The third kappa shape index (κ3) is 4.23. The molecule has 0 atom stereocenters. The maximum atomic E-state index is 12.9. The Bertz CT molecular complexity index is 1490. The molecule has 0 bridgehead atoms. The van der Waals surface area contributed by atoms with Gasteiger partial charge < -0.3 is 16.4 Å². The van der Waals surface area contributed by atoms with E-state index in [4.69, 9.17) is 5.73 Å². The average molecular weight is 493 g/mol. The number of nitrogens with one attached hydrogen (secondary N) is 2. The van der Waals surface area contributed by atoms with Gasteiger partial charge in [-0.3, -0.25) is 4.79 Å². The summed E-state index contributed by atoms with van der Waals surface area (Å²) in [6.45, 7) is 0. The number of hydrogen-bond donors (Lipinski definition) is 3. The minimum atomic E-state index is -4.51. The highest BCUT2D eigenvalue weighted by atomic mass is 19.4. The molecule has 2 heterocycles. The number of amides is 2. The largest absolute Gasteiger partial charge is 0.416 e. The quantitative estimate of drug-likeness (QED) is 0.361. The second-order valence-corrected chi connectivity index (χ2v) is 8.68. The van der Waals surface area contributed by atoms with Crippen LogP contribution in [0, 0.1) is 0 Å². The third-order valence-corrected chi connectivity index (χ3v) is 6.16. The highest BCUT2D eigenvalue weighted by molar-refractivity contribution is 6.02. The molecule has 0 unspecified atom stereocenters. The standard InChI is InChI=1S/C25H20F3N6O2/c1-34-22-20(21(29)33-34)18(12-19(32-22)24(13-35)9-10-24)14-5-7-16(8-6-14)30-23(36)31-17-4-2-3-15(11-17)25(26,27)28/h2-8,11-12H,9-10H2,1H3,(H2,29,33)(H2,30,31,36). The van der Waals surface area contributed by atoms with Gasteiger partial charge in [0.05, 0.1) is 22.1 Å². The summed E-state index contributed by atoms with van der Waals surface area (Å²) in [5.74, 6) is 0.296. The van der Waals surface area contributed by atoms with Crippen LogP contribution in [0.4, 0.5) is 35.2 Å². The van der Waals surface area contributed by atoms with Crippen LogP contribution in [-0.2, 0) is 23.4 Å². The number of pyridine rings is 1. The molecular weight excluding hydrogens is 473 g/mol. The van der Waals surface area contributed by atoms with Gasteiger partial charge in [0.15, 0.2) is 11.5 Å². The van der Waals surface area contributed by atoms with Crippen LogP contribution in [0.15, 0.2) is 54.6 Å². The number of urea groups is 1. The van der Waals surface area contributed by atoms with Gasteiger partial charge in [-0.15, -0.1) is 0 Å². The molecule has 0 spiro atoms. The van der Waals surface area contributed by atoms with Gasteiger partial charge in [-0.1, -0.05) is 18.2 Å². The maximum absolute atomic E-state index is 12.9. The lowest BCUT2D eigenvalue weighted by Crippen LogP contribution is -2.19. The van der Waals surface area contributed by atoms with E-state index in [-0.39, 0.29) is 5.69 Å². The number of nitrogen functional groups attached to an aromatic ring is 1. The predicted molar refractivity (Wildman–Crippen MR) is 129 cm³/mol. The monoisotopic (exact) mass is 493 g/mol. The van der Waals surface area contributed by atoms with Gasteiger partial charge in [0.25, 0.3) is 0 Å². The number of aromatic nitrogens is 3. The van der Waals surface area contributed by atoms with Crippen molar-refractivity contribution in [3.63, 3.8) is 0 Å². The van der Waals surface area contributed by atoms with E-state index in [9.17, 15) is 22.8 Å². The van der Waals surface area contributed by atoms with Crippen molar-refractivity contribution in [2.75, 3.05) is 16.4 Å². The van der Waals surface area contributed by atoms with Crippen molar-refractivity contribution < 1.29 is 22.8 Å². The van der Waals surface area contributed by atoms with Crippen LogP contribution in [0.5, 0.6) is 0 Å². The van der Waals surface area contributed by atoms with E-state index in [0.29, 0.717) is 41.1 Å². The van der Waals surface area contributed by atoms with Crippen molar-refractivity contribution in [1.29, 1.82) is 0 Å². The van der Waals surface area contributed by atoms with Gasteiger partial charge in [-0.05, 0) is 60.4 Å². The summed E-state index contributed by atoms with van der Waals surface area (Å²) in [5.41, 5.74) is 7.65. The van der Waals surface area contributed by atoms with E-state index in [2.05, 4.69) is 27.0 Å². The Morgan fingerprint density at radius 2 is 1.78 bits per heavy atom. The number of carbonyl (C=O) groups is 1. The van der Waals surface area contributed by atoms with Crippen LogP contribution < -0.4 is 16.4 Å². The Kier molecular flexibility index (Phi) is 5.42. The number of aryl methyl sites for hydroxylation is 1. The highest BCUT2D eigenvalue weighted by Gasteiger charge is 2.47. The van der Waals surface area contributed by atoms with Crippen molar-refractivity contribution in [1.82, 2.24) is 14.8 Å². The maximum Gasteiger partial charge on any atom is 0.416 e. The molecule has 0 aliphatic heterocycles. The molecule has 5 rings (SSSR count). The van der Waals surface area contributed by atoms with Crippen LogP contribution in [0.2, 0.25) is 0 Å². The summed E-state index contributed by atoms with van der Waals surface area (Å²) < 4.78 is 40.3. The van der Waals surface area contributed by atoms with Crippen molar-refractivity contribution >= 4 is 40.5 Å². The van der Waals surface area contributed by atoms with Gasteiger partial charge in [0.2, 0.25) is 6.29 Å². The number of rotatable bonds is 5. The second kappa shape index (κ2) is 8.36. The SMILES string of the molecule is Cn1nc(N)c2c(-c3ccc(NC(=O)Nc4cccc(C(F)(F)F)c4)cc3)cc(C3([C]=O)CC3)nc21. The van der Waals surface area contributed by atoms with E-state index in [1.54, 1.807) is 36.0 Å². The van der Waals surface area contributed by atoms with Gasteiger partial charge in [0, 0.05) is 18.4 Å². The molecule has 2 aromatic heterocycles. The molecule has 1 aliphatic carbocycles. The zero-order valence-corrected chi connectivity index (χ0v) is 19.0. The van der Waals surface area contributed by atoms with Crippen LogP contribution in [0.25, 0.3) is 22.2 Å². The van der Waals surface area contributed by atoms with E-state index in [1.165, 1.54) is 12.1 Å². The molecule has 1 radical (unpaired) electrons. The number of anilines is 3. The zero-order valence-electron chi connectivity index (χ0n) is 19.0. The lowest BCUT2D eigenvalue weighted by Gasteiger charge is -2.13. The summed E-state index contributed by atoms with van der Waals surface area (Å²) in [7, 11) is 1.72. The molecule has 36 heavy (non-hydrogen) atoms. The van der Waals surface area contributed by atoms with Crippen LogP contribution in [-0.4, -0.2) is 27.1 Å². The third-order valence-electron chi connectivity index (χ3n) is 6.16. The van der Waals surface area contributed by atoms with Gasteiger partial charge in [-0.2, -0.15) is 18.3 Å². The summed E-state index contributed by atoms with van der Waals surface area (Å²) >= 11 is 0. The first-order valence-corrected chi connectivity index (χ1v) is 11.0. The molecule has 2 aromatic carbocycles. The first-order chi connectivity index (χ1) is 17.1. The molecule has 1 fully saturated rings. The number of benzene rings is 2. The van der Waals surface area contributed by atoms with Crippen molar-refractivity contribution in [3.05, 3.63) is 65.9 Å². The van der Waals surface area contributed by atoms with Crippen LogP contribution >= 0.6 is 0 Å². The van der Waals surface area contributed by atoms with Crippen LogP contribution in [0.3, 0.4) is 0 Å². The number of nitrogens with zero attached hydrogens (tertiary/aromatic N) is 3. The first-order valence-electron chi connectivity index (χ1n) is 11.0. The van der Waals surface area contributed by atoms with Crippen LogP contribution in [0.1, 0.15) is 24.1 Å². The van der Waals surface area contributed by atoms with Crippen molar-refractivity contribution in [2.45, 2.75) is 24.4 Å². The molecule has 1 saturated carbocycles. The summed E-state index contributed by atoms with van der Waals surface area (Å²) in [5, 5.41) is 9.90. The Morgan fingerprint density at radius 3 is 2.42 bits per heavy atom.